The first-order valence-corrected chi connectivity index (χ1v) is 22.1. The van der Waals surface area contributed by atoms with Crippen LogP contribution in [0.15, 0.2) is 0 Å². The van der Waals surface area contributed by atoms with Gasteiger partial charge in [0.25, 0.3) is 0 Å². The van der Waals surface area contributed by atoms with Gasteiger partial charge in [0.15, 0.2) is 0 Å². The van der Waals surface area contributed by atoms with Gasteiger partial charge in [-0.15, -0.1) is 0 Å². The molecule has 0 aromatic rings. The van der Waals surface area contributed by atoms with Crippen LogP contribution in [0.25, 0.3) is 0 Å². The van der Waals surface area contributed by atoms with Crippen LogP contribution in [0.2, 0.25) is 0 Å². The molecule has 0 heterocycles. The Bertz CT molecular complexity index is 858. The lowest BCUT2D eigenvalue weighted by Crippen LogP contribution is -2.54. The minimum absolute atomic E-state index is 0.897. The summed E-state index contributed by atoms with van der Waals surface area (Å²) in [5.41, 5.74) is 0. The van der Waals surface area contributed by atoms with Gasteiger partial charge in [0, 0.05) is 24.2 Å². The van der Waals surface area contributed by atoms with Crippen molar-refractivity contribution in [2.45, 2.75) is 204 Å². The molecule has 0 aliphatic heterocycles. The summed E-state index contributed by atoms with van der Waals surface area (Å²) in [5, 5.41) is 0. The van der Waals surface area contributed by atoms with Crippen LogP contribution in [-0.2, 0) is 0 Å². The Labute approximate surface area is 286 Å². The quantitative estimate of drug-likeness (QED) is 0.287. The molecular formula is C44H76N2. The Kier molecular flexibility index (Phi) is 10.8. The van der Waals surface area contributed by atoms with Gasteiger partial charge in [-0.05, 0) is 189 Å². The highest BCUT2D eigenvalue weighted by atomic mass is 15.2. The number of rotatable bonds is 6. The van der Waals surface area contributed by atoms with Crippen LogP contribution in [0.4, 0.5) is 0 Å². The average molecular weight is 633 g/mol. The molecule has 2 nitrogen and oxygen atoms in total. The average Bonchev–Trinajstić information content (AvgIpc) is 3.14. The zero-order valence-corrected chi connectivity index (χ0v) is 30.8. The number of fused-ring (bicyclic) bond motifs is 5. The van der Waals surface area contributed by atoms with E-state index in [0.29, 0.717) is 0 Å². The van der Waals surface area contributed by atoms with Crippen molar-refractivity contribution in [2.24, 2.45) is 59.2 Å². The summed E-state index contributed by atoms with van der Waals surface area (Å²) < 4.78 is 0. The van der Waals surface area contributed by atoms with E-state index in [4.69, 9.17) is 0 Å². The van der Waals surface area contributed by atoms with E-state index < -0.39 is 0 Å². The molecule has 8 rings (SSSR count). The summed E-state index contributed by atoms with van der Waals surface area (Å²) in [4.78, 5) is 5.79. The van der Waals surface area contributed by atoms with Crippen LogP contribution in [-0.4, -0.2) is 48.1 Å². The largest absolute Gasteiger partial charge is 0.300 e. The molecule has 8 atom stereocenters. The van der Waals surface area contributed by atoms with Gasteiger partial charge in [-0.1, -0.05) is 64.2 Å². The molecule has 8 fully saturated rings. The van der Waals surface area contributed by atoms with Crippen LogP contribution in [0.3, 0.4) is 0 Å². The van der Waals surface area contributed by atoms with Crippen LogP contribution >= 0.6 is 0 Å². The van der Waals surface area contributed by atoms with E-state index in [9.17, 15) is 0 Å². The van der Waals surface area contributed by atoms with Gasteiger partial charge in [0.05, 0.1) is 0 Å². The highest BCUT2D eigenvalue weighted by Gasteiger charge is 2.56. The minimum atomic E-state index is 0.897. The third-order valence-corrected chi connectivity index (χ3v) is 17.7. The highest BCUT2D eigenvalue weighted by Crippen LogP contribution is 2.63. The predicted octanol–water partition coefficient (Wildman–Crippen LogP) is 11.5. The Morgan fingerprint density at radius 3 is 0.891 bits per heavy atom. The first kappa shape index (κ1) is 33.1. The smallest absolute Gasteiger partial charge is 0.00953 e. The highest BCUT2D eigenvalue weighted by molar-refractivity contribution is 5.05. The van der Waals surface area contributed by atoms with E-state index in [2.05, 4.69) is 23.9 Å². The first-order chi connectivity index (χ1) is 22.7. The molecule has 46 heavy (non-hydrogen) atoms. The molecule has 0 N–H and O–H groups in total. The van der Waals surface area contributed by atoms with E-state index >= 15 is 0 Å². The van der Waals surface area contributed by atoms with Crippen molar-refractivity contribution < 1.29 is 0 Å². The molecule has 8 aliphatic rings. The van der Waals surface area contributed by atoms with Gasteiger partial charge in [0.1, 0.15) is 0 Å². The molecule has 0 aromatic heterocycles. The molecule has 0 aromatic carbocycles. The molecule has 8 saturated carbocycles. The lowest BCUT2D eigenvalue weighted by molar-refractivity contribution is -0.119. The first-order valence-electron chi connectivity index (χ1n) is 22.1. The van der Waals surface area contributed by atoms with Crippen LogP contribution in [0.5, 0.6) is 0 Å². The van der Waals surface area contributed by atoms with E-state index in [1.54, 1.807) is 89.9 Å². The van der Waals surface area contributed by atoms with Gasteiger partial charge >= 0.3 is 0 Å². The summed E-state index contributed by atoms with van der Waals surface area (Å²) in [5.74, 6) is 11.0. The molecule has 8 aliphatic carbocycles. The zero-order chi connectivity index (χ0) is 31.0. The van der Waals surface area contributed by atoms with Crippen molar-refractivity contribution in [3.05, 3.63) is 0 Å². The second kappa shape index (κ2) is 15.0. The molecule has 262 valence electrons. The van der Waals surface area contributed by atoms with Crippen LogP contribution < -0.4 is 0 Å². The van der Waals surface area contributed by atoms with E-state index in [-0.39, 0.29) is 0 Å². The Morgan fingerprint density at radius 2 is 0.543 bits per heavy atom. The summed E-state index contributed by atoms with van der Waals surface area (Å²) >= 11 is 0. The zero-order valence-electron chi connectivity index (χ0n) is 30.8. The molecule has 8 unspecified atom stereocenters. The van der Waals surface area contributed by atoms with Gasteiger partial charge in [0.2, 0.25) is 0 Å². The third kappa shape index (κ3) is 6.70. The van der Waals surface area contributed by atoms with Crippen molar-refractivity contribution in [2.75, 3.05) is 14.1 Å². The summed E-state index contributed by atoms with van der Waals surface area (Å²) in [7, 11) is 5.04. The third-order valence-electron chi connectivity index (χ3n) is 17.7. The van der Waals surface area contributed by atoms with Gasteiger partial charge < -0.3 is 9.80 Å². The molecule has 0 amide bonds. The molecule has 0 spiro atoms. The summed E-state index contributed by atoms with van der Waals surface area (Å²) in [6.07, 6.45) is 43.3. The lowest BCUT2D eigenvalue weighted by atomic mass is 9.44. The van der Waals surface area contributed by atoms with Crippen molar-refractivity contribution in [3.8, 4) is 0 Å². The molecular weight excluding hydrogens is 556 g/mol. The standard InChI is InChI=1S/C44H76N2/c1-45(33-13-5-3-6-14-33)35-25-21-31(22-26-35)41-29-43-40-20-12-10-18-38(40)42(30-44(43)39-19-11-9-17-37(39)41)32-23-27-36(28-24-32)46(2)34-15-7-4-8-16-34/h31-44H,3-30H2,1-2H3. The predicted molar refractivity (Wildman–Crippen MR) is 195 cm³/mol. The fourth-order valence-corrected chi connectivity index (χ4v) is 15.3. The fourth-order valence-electron chi connectivity index (χ4n) is 15.3. The van der Waals surface area contributed by atoms with Crippen LogP contribution in [0.1, 0.15) is 180 Å². The maximum atomic E-state index is 2.89. The number of hydrogen-bond donors (Lipinski definition) is 0. The molecule has 0 bridgehead atoms. The van der Waals surface area contributed by atoms with Crippen molar-refractivity contribution in [1.29, 1.82) is 0 Å². The maximum absolute atomic E-state index is 2.89. The van der Waals surface area contributed by atoms with Crippen molar-refractivity contribution in [1.82, 2.24) is 9.80 Å². The Morgan fingerprint density at radius 1 is 0.261 bits per heavy atom. The normalized spacial score (nSPS) is 46.4. The second-order valence-electron chi connectivity index (χ2n) is 19.4. The minimum Gasteiger partial charge on any atom is -0.300 e. The monoisotopic (exact) mass is 633 g/mol. The topological polar surface area (TPSA) is 6.48 Å². The maximum Gasteiger partial charge on any atom is 0.00953 e. The molecule has 0 saturated heterocycles. The molecule has 0 radical (unpaired) electrons. The Hall–Kier alpha value is -0.0800. The Balaban J connectivity index is 0.934. The van der Waals surface area contributed by atoms with E-state index in [1.807, 2.05) is 0 Å². The van der Waals surface area contributed by atoms with E-state index in [0.717, 1.165) is 83.3 Å². The summed E-state index contributed by atoms with van der Waals surface area (Å²) in [6.45, 7) is 0. The van der Waals surface area contributed by atoms with Gasteiger partial charge in [-0.3, -0.25) is 0 Å². The fraction of sp³-hybridized carbons (Fsp3) is 1.00. The van der Waals surface area contributed by atoms with Crippen molar-refractivity contribution >= 4 is 0 Å². The molecule has 2 heteroatoms. The lowest BCUT2D eigenvalue weighted by Gasteiger charge is -2.61. The number of hydrogen-bond acceptors (Lipinski definition) is 2. The van der Waals surface area contributed by atoms with Crippen molar-refractivity contribution in [3.63, 3.8) is 0 Å². The van der Waals surface area contributed by atoms with Crippen LogP contribution in [0, 0.1) is 59.2 Å². The number of nitrogens with zero attached hydrogens (tertiary/aromatic N) is 2. The summed E-state index contributed by atoms with van der Waals surface area (Å²) in [6, 6.07) is 3.60. The van der Waals surface area contributed by atoms with Gasteiger partial charge in [-0.25, -0.2) is 0 Å². The second-order valence-corrected chi connectivity index (χ2v) is 19.4. The SMILES string of the molecule is CN(C1CCCCC1)C1CCC(C2CC3C4CCCCC4C(C4CCC(N(C)C5CCCCC5)CC4)CC3C3CCCCC23)CC1. The van der Waals surface area contributed by atoms with Gasteiger partial charge in [-0.2, -0.15) is 0 Å². The van der Waals surface area contributed by atoms with E-state index in [1.165, 1.54) is 89.9 Å².